The van der Waals surface area contributed by atoms with Gasteiger partial charge >= 0.3 is 0 Å². The number of carbonyl (C=O) groups excluding carboxylic acids is 2. The Morgan fingerprint density at radius 1 is 0.348 bits per heavy atom. The summed E-state index contributed by atoms with van der Waals surface area (Å²) in [4.78, 5) is 23.7. The van der Waals surface area contributed by atoms with Crippen LogP contribution in [0.1, 0.15) is 44.5 Å². The molecule has 0 aliphatic rings. The van der Waals surface area contributed by atoms with Crippen LogP contribution in [0, 0.1) is 27.7 Å². The Morgan fingerprint density at radius 2 is 0.587 bits per heavy atom. The monoisotopic (exact) mass is 600 g/mol. The van der Waals surface area contributed by atoms with Crippen molar-refractivity contribution < 1.29 is 9.59 Å². The van der Waals surface area contributed by atoms with Crippen LogP contribution in [0.2, 0.25) is 0 Å². The van der Waals surface area contributed by atoms with Crippen LogP contribution in [0.5, 0.6) is 0 Å². The lowest BCUT2D eigenvalue weighted by atomic mass is 10.0. The van der Waals surface area contributed by atoms with Gasteiger partial charge in [0, 0.05) is 11.1 Å². The Labute approximate surface area is 273 Å². The van der Waals surface area contributed by atoms with Crippen molar-refractivity contribution in [2.45, 2.75) is 27.7 Å². The zero-order valence-electron chi connectivity index (χ0n) is 27.0. The molecule has 46 heavy (non-hydrogen) atoms. The van der Waals surface area contributed by atoms with E-state index in [9.17, 15) is 9.59 Å². The minimum atomic E-state index is 0.627. The average Bonchev–Trinajstić information content (AvgIpc) is 3.07. The molecule has 4 aromatic rings. The zero-order valence-corrected chi connectivity index (χ0v) is 27.0. The second-order valence-corrected chi connectivity index (χ2v) is 11.3. The van der Waals surface area contributed by atoms with E-state index in [1.807, 2.05) is 111 Å². The van der Waals surface area contributed by atoms with Crippen molar-refractivity contribution in [2.75, 3.05) is 0 Å². The summed E-state index contributed by atoms with van der Waals surface area (Å²) in [7, 11) is 0. The van der Waals surface area contributed by atoms with Crippen LogP contribution in [0.25, 0.3) is 22.3 Å². The molecule has 0 unspecified atom stereocenters. The molecule has 4 rings (SSSR count). The van der Waals surface area contributed by atoms with Crippen molar-refractivity contribution >= 4 is 34.9 Å². The highest BCUT2D eigenvalue weighted by molar-refractivity contribution is 6.08. The first-order valence-corrected chi connectivity index (χ1v) is 15.4. The van der Waals surface area contributed by atoms with Gasteiger partial charge in [0.1, 0.15) is 0 Å². The number of aldehydes is 2. The van der Waals surface area contributed by atoms with Gasteiger partial charge in [-0.05, 0) is 61.1 Å². The van der Waals surface area contributed by atoms with Crippen LogP contribution in [0.15, 0.2) is 158 Å². The molecule has 0 spiro atoms. The normalized spacial score (nSPS) is 13.2. The van der Waals surface area contributed by atoms with Crippen molar-refractivity contribution in [2.24, 2.45) is 0 Å². The molecule has 0 heterocycles. The molecule has 0 aromatic heterocycles. The molecular weight excluding hydrogens is 560 g/mol. The molecule has 0 amide bonds. The van der Waals surface area contributed by atoms with Gasteiger partial charge < -0.3 is 0 Å². The summed E-state index contributed by atoms with van der Waals surface area (Å²) in [6.07, 6.45) is 21.5. The van der Waals surface area contributed by atoms with E-state index in [1.165, 1.54) is 11.1 Å². The van der Waals surface area contributed by atoms with Crippen molar-refractivity contribution in [3.63, 3.8) is 0 Å². The summed E-state index contributed by atoms with van der Waals surface area (Å²) >= 11 is 0. The van der Waals surface area contributed by atoms with Gasteiger partial charge in [0.25, 0.3) is 0 Å². The molecule has 2 heteroatoms. The van der Waals surface area contributed by atoms with Gasteiger partial charge in [-0.25, -0.2) is 0 Å². The van der Waals surface area contributed by atoms with Crippen molar-refractivity contribution in [3.8, 4) is 0 Å². The first-order chi connectivity index (χ1) is 22.4. The van der Waals surface area contributed by atoms with Crippen molar-refractivity contribution in [1.29, 1.82) is 0 Å². The second kappa shape index (κ2) is 17.0. The smallest absolute Gasteiger partial charge is 0.150 e. The Kier molecular flexibility index (Phi) is 12.3. The molecular formula is C44H40O2. The Balaban J connectivity index is 1.65. The van der Waals surface area contributed by atoms with E-state index in [0.29, 0.717) is 11.1 Å². The number of hydrogen-bond acceptors (Lipinski definition) is 2. The van der Waals surface area contributed by atoms with Gasteiger partial charge in [-0.3, -0.25) is 9.59 Å². The van der Waals surface area contributed by atoms with Gasteiger partial charge in [0.15, 0.2) is 12.6 Å². The second-order valence-electron chi connectivity index (χ2n) is 11.3. The molecule has 0 bridgehead atoms. The van der Waals surface area contributed by atoms with Crippen LogP contribution in [0.4, 0.5) is 0 Å². The van der Waals surface area contributed by atoms with Crippen LogP contribution < -0.4 is 0 Å². The highest BCUT2D eigenvalue weighted by atomic mass is 16.1. The van der Waals surface area contributed by atoms with Crippen LogP contribution in [0.3, 0.4) is 0 Å². The third kappa shape index (κ3) is 9.97. The van der Waals surface area contributed by atoms with E-state index in [2.05, 4.69) is 74.5 Å². The minimum absolute atomic E-state index is 0.627. The Morgan fingerprint density at radius 3 is 0.848 bits per heavy atom. The first kappa shape index (κ1) is 33.3. The summed E-state index contributed by atoms with van der Waals surface area (Å²) in [5.41, 5.74) is 11.9. The molecule has 0 aliphatic heterocycles. The summed E-state index contributed by atoms with van der Waals surface area (Å²) in [5.74, 6) is 0. The molecule has 0 saturated carbocycles. The number of rotatable bonds is 12. The van der Waals surface area contributed by atoms with Crippen molar-refractivity contribution in [3.05, 3.63) is 202 Å². The molecule has 0 fully saturated rings. The maximum absolute atomic E-state index is 11.8. The molecule has 0 aliphatic carbocycles. The van der Waals surface area contributed by atoms with E-state index in [1.54, 1.807) is 0 Å². The highest BCUT2D eigenvalue weighted by Crippen LogP contribution is 2.21. The fourth-order valence-corrected chi connectivity index (χ4v) is 4.72. The Hall–Kier alpha value is -5.60. The molecule has 228 valence electrons. The molecule has 0 atom stereocenters. The fraction of sp³-hybridized carbons (Fsp3) is 0.0909. The number of allylic oxidation sites excluding steroid dienone is 14. The maximum atomic E-state index is 11.8. The lowest BCUT2D eigenvalue weighted by Gasteiger charge is -2.04. The number of benzene rings is 4. The van der Waals surface area contributed by atoms with Gasteiger partial charge in [0.2, 0.25) is 0 Å². The van der Waals surface area contributed by atoms with Crippen molar-refractivity contribution in [1.82, 2.24) is 0 Å². The molecule has 0 N–H and O–H groups in total. The standard InChI is InChI=1S/C44H40O2/c1-33-15-23-39(24-16-33)37(11-7-13-43(31-45)41-27-19-35(3)20-28-41)9-5-6-10-38(40-25-17-34(2)18-26-40)12-8-14-44(32-46)42-29-21-36(4)22-30-42/h5-32H,1-4H3. The third-order valence-corrected chi connectivity index (χ3v) is 7.56. The number of hydrogen-bond donors (Lipinski definition) is 0. The van der Waals surface area contributed by atoms with E-state index in [4.69, 9.17) is 0 Å². The third-order valence-electron chi connectivity index (χ3n) is 7.56. The van der Waals surface area contributed by atoms with Crippen LogP contribution in [-0.2, 0) is 9.59 Å². The van der Waals surface area contributed by atoms with Crippen LogP contribution in [-0.4, -0.2) is 12.6 Å². The topological polar surface area (TPSA) is 34.1 Å². The van der Waals surface area contributed by atoms with E-state index in [0.717, 1.165) is 57.1 Å². The number of aryl methyl sites for hydroxylation is 4. The summed E-state index contributed by atoms with van der Waals surface area (Å²) < 4.78 is 0. The maximum Gasteiger partial charge on any atom is 0.150 e. The first-order valence-electron chi connectivity index (χ1n) is 15.4. The summed E-state index contributed by atoms with van der Waals surface area (Å²) in [5, 5.41) is 0. The van der Waals surface area contributed by atoms with Gasteiger partial charge in [-0.1, -0.05) is 180 Å². The summed E-state index contributed by atoms with van der Waals surface area (Å²) in [6, 6.07) is 32.7. The average molecular weight is 601 g/mol. The zero-order chi connectivity index (χ0) is 32.7. The lowest BCUT2D eigenvalue weighted by molar-refractivity contribution is -0.104. The number of carbonyl (C=O) groups is 2. The lowest BCUT2D eigenvalue weighted by Crippen LogP contribution is -1.86. The van der Waals surface area contributed by atoms with Gasteiger partial charge in [-0.2, -0.15) is 0 Å². The predicted octanol–water partition coefficient (Wildman–Crippen LogP) is 10.6. The van der Waals surface area contributed by atoms with E-state index < -0.39 is 0 Å². The van der Waals surface area contributed by atoms with Gasteiger partial charge in [0.05, 0.1) is 0 Å². The molecule has 0 saturated heterocycles. The Bertz CT molecular complexity index is 1700. The molecule has 4 aromatic carbocycles. The van der Waals surface area contributed by atoms with Crippen LogP contribution >= 0.6 is 0 Å². The van der Waals surface area contributed by atoms with Gasteiger partial charge in [-0.15, -0.1) is 0 Å². The minimum Gasteiger partial charge on any atom is -0.298 e. The molecule has 2 nitrogen and oxygen atoms in total. The predicted molar refractivity (Wildman–Crippen MR) is 196 cm³/mol. The van der Waals surface area contributed by atoms with E-state index in [-0.39, 0.29) is 0 Å². The fourth-order valence-electron chi connectivity index (χ4n) is 4.72. The largest absolute Gasteiger partial charge is 0.298 e. The molecule has 0 radical (unpaired) electrons. The highest BCUT2D eigenvalue weighted by Gasteiger charge is 2.02. The summed E-state index contributed by atoms with van der Waals surface area (Å²) in [6.45, 7) is 8.20. The SMILES string of the molecule is Cc1ccc(C(C=O)=CC=CC(=CC=CC=C(C=CC=C(C=O)c2ccc(C)cc2)c2ccc(C)cc2)c2ccc(C)cc2)cc1. The quantitative estimate of drug-likeness (QED) is 0.0921. The van der Waals surface area contributed by atoms with E-state index >= 15 is 0 Å².